The number of carbonyl (C=O) groups excluding carboxylic acids is 3. The number of ether oxygens (including phenoxy) is 3. The second kappa shape index (κ2) is 67.0. The number of esters is 3. The molecule has 1 unspecified atom stereocenters. The first kappa shape index (κ1) is 75.5. The van der Waals surface area contributed by atoms with E-state index in [1.165, 1.54) is 38.5 Å². The van der Waals surface area contributed by atoms with Crippen LogP contribution in [-0.4, -0.2) is 37.2 Å². The normalized spacial score (nSPS) is 13.4. The van der Waals surface area contributed by atoms with Gasteiger partial charge in [-0.1, -0.05) is 261 Å². The van der Waals surface area contributed by atoms with Crippen LogP contribution in [0.1, 0.15) is 252 Å². The minimum Gasteiger partial charge on any atom is -0.462 e. The van der Waals surface area contributed by atoms with Crippen LogP contribution < -0.4 is 0 Å². The van der Waals surface area contributed by atoms with Gasteiger partial charge in [-0.05, 0) is 154 Å². The van der Waals surface area contributed by atoms with E-state index < -0.39 is 6.10 Å². The maximum absolute atomic E-state index is 12.9. The van der Waals surface area contributed by atoms with E-state index in [2.05, 4.69) is 203 Å². The molecule has 0 N–H and O–H groups in total. The third kappa shape index (κ3) is 65.2. The molecule has 0 saturated carbocycles. The zero-order valence-corrected chi connectivity index (χ0v) is 51.7. The molecule has 0 rings (SSSR count). The molecule has 0 spiro atoms. The van der Waals surface area contributed by atoms with Gasteiger partial charge in [0.2, 0.25) is 0 Å². The Labute approximate surface area is 497 Å². The molecule has 0 aromatic heterocycles. The fourth-order valence-electron chi connectivity index (χ4n) is 8.09. The number of rotatable bonds is 56. The quantitative estimate of drug-likeness (QED) is 0.0261. The van der Waals surface area contributed by atoms with E-state index in [1.807, 2.05) is 0 Å². The van der Waals surface area contributed by atoms with Crippen molar-refractivity contribution < 1.29 is 28.6 Å². The van der Waals surface area contributed by atoms with Crippen LogP contribution in [0.25, 0.3) is 0 Å². The van der Waals surface area contributed by atoms with Crippen LogP contribution in [0.3, 0.4) is 0 Å². The molecule has 0 aliphatic carbocycles. The Hall–Kier alpha value is -5.49. The predicted octanol–water partition coefficient (Wildman–Crippen LogP) is 22.4. The van der Waals surface area contributed by atoms with Gasteiger partial charge in [-0.25, -0.2) is 0 Å². The molecule has 0 heterocycles. The van der Waals surface area contributed by atoms with Gasteiger partial charge in [0, 0.05) is 19.3 Å². The summed E-state index contributed by atoms with van der Waals surface area (Å²) in [5.74, 6) is -0.990. The van der Waals surface area contributed by atoms with Crippen molar-refractivity contribution in [1.82, 2.24) is 0 Å². The van der Waals surface area contributed by atoms with Crippen LogP contribution in [-0.2, 0) is 28.6 Å². The van der Waals surface area contributed by atoms with Gasteiger partial charge >= 0.3 is 17.9 Å². The summed E-state index contributed by atoms with van der Waals surface area (Å²) in [6, 6.07) is 0. The Morgan fingerprint density at radius 3 is 0.790 bits per heavy atom. The summed E-state index contributed by atoms with van der Waals surface area (Å²) in [5.41, 5.74) is 0. The lowest BCUT2D eigenvalue weighted by Crippen LogP contribution is -2.30. The van der Waals surface area contributed by atoms with Gasteiger partial charge < -0.3 is 14.2 Å². The molecule has 0 fully saturated rings. The Balaban J connectivity index is 4.41. The molecular formula is C75H116O6. The lowest BCUT2D eigenvalue weighted by molar-refractivity contribution is -0.167. The minimum absolute atomic E-state index is 0.113. The second-order valence-electron chi connectivity index (χ2n) is 20.5. The summed E-state index contributed by atoms with van der Waals surface area (Å²) >= 11 is 0. The highest BCUT2D eigenvalue weighted by atomic mass is 16.6. The van der Waals surface area contributed by atoms with Gasteiger partial charge in [0.15, 0.2) is 6.10 Å². The first-order chi connectivity index (χ1) is 40.0. The monoisotopic (exact) mass is 1110 g/mol. The van der Waals surface area contributed by atoms with Crippen LogP contribution in [0.5, 0.6) is 0 Å². The van der Waals surface area contributed by atoms with Crippen molar-refractivity contribution in [3.05, 3.63) is 182 Å². The third-order valence-electron chi connectivity index (χ3n) is 12.9. The van der Waals surface area contributed by atoms with Crippen molar-refractivity contribution >= 4 is 17.9 Å². The molecule has 0 saturated heterocycles. The molecule has 0 aromatic carbocycles. The molecule has 0 aromatic rings. The summed E-state index contributed by atoms with van der Waals surface area (Å²) in [7, 11) is 0. The molecule has 452 valence electrons. The van der Waals surface area contributed by atoms with Crippen molar-refractivity contribution in [2.75, 3.05) is 13.2 Å². The molecule has 0 aliphatic rings. The van der Waals surface area contributed by atoms with Crippen LogP contribution in [0, 0.1) is 0 Å². The van der Waals surface area contributed by atoms with Gasteiger partial charge in [-0.3, -0.25) is 14.4 Å². The molecule has 81 heavy (non-hydrogen) atoms. The van der Waals surface area contributed by atoms with E-state index in [9.17, 15) is 14.4 Å². The number of hydrogen-bond acceptors (Lipinski definition) is 6. The summed E-state index contributed by atoms with van der Waals surface area (Å²) < 4.78 is 16.8. The lowest BCUT2D eigenvalue weighted by Gasteiger charge is -2.18. The average molecular weight is 1110 g/mol. The fourth-order valence-corrected chi connectivity index (χ4v) is 8.09. The van der Waals surface area contributed by atoms with Crippen molar-refractivity contribution in [1.29, 1.82) is 0 Å². The standard InChI is InChI=1S/C75H116O6/c1-4-7-10-13-16-19-22-24-26-28-30-32-33-34-35-36-37-38-39-40-41-43-44-46-48-50-53-56-59-62-65-68-74(77)80-71-72(70-79-73(76)67-64-61-58-55-52-21-18-15-12-9-6-3)81-75(78)69-66-63-60-57-54-51-49-47-45-42-31-29-27-25-23-20-17-14-11-8-5-2/h7-8,10-11,15-20,24-27,30-32,34-35,37-38,40-42,44,46-47,49,54,57,72H,4-6,9,12-14,21-23,28-29,33,36,39,43,45,48,50-53,55-56,58-71H2,1-3H3/b10-7-,11-8-,18-15-,19-16-,20-17-,26-24-,27-25-,32-30-,35-34-,38-37-,41-40-,42-31-,46-44-,49-47-,57-54-. The molecule has 0 aliphatic heterocycles. The van der Waals surface area contributed by atoms with Crippen molar-refractivity contribution in [3.8, 4) is 0 Å². The average Bonchev–Trinajstić information content (AvgIpc) is 3.47. The third-order valence-corrected chi connectivity index (χ3v) is 12.9. The molecule has 0 bridgehead atoms. The number of unbranched alkanes of at least 4 members (excludes halogenated alkanes) is 15. The maximum Gasteiger partial charge on any atom is 0.306 e. The van der Waals surface area contributed by atoms with Crippen molar-refractivity contribution in [3.63, 3.8) is 0 Å². The first-order valence-electron chi connectivity index (χ1n) is 32.3. The predicted molar refractivity (Wildman–Crippen MR) is 352 cm³/mol. The van der Waals surface area contributed by atoms with Crippen LogP contribution in [0.15, 0.2) is 182 Å². The zero-order chi connectivity index (χ0) is 58.5. The summed E-state index contributed by atoms with van der Waals surface area (Å²) in [4.78, 5) is 38.2. The van der Waals surface area contributed by atoms with E-state index in [4.69, 9.17) is 14.2 Å². The van der Waals surface area contributed by atoms with E-state index in [-0.39, 0.29) is 37.5 Å². The van der Waals surface area contributed by atoms with Gasteiger partial charge in [-0.2, -0.15) is 0 Å². The van der Waals surface area contributed by atoms with E-state index in [0.717, 1.165) is 167 Å². The summed E-state index contributed by atoms with van der Waals surface area (Å²) in [5, 5.41) is 0. The minimum atomic E-state index is -0.822. The Morgan fingerprint density at radius 2 is 0.481 bits per heavy atom. The molecule has 6 nitrogen and oxygen atoms in total. The Morgan fingerprint density at radius 1 is 0.259 bits per heavy atom. The van der Waals surface area contributed by atoms with Gasteiger partial charge in [0.1, 0.15) is 13.2 Å². The summed E-state index contributed by atoms with van der Waals surface area (Å²) in [6.45, 7) is 6.30. The Bertz CT molecular complexity index is 1900. The van der Waals surface area contributed by atoms with E-state index >= 15 is 0 Å². The molecule has 6 heteroatoms. The van der Waals surface area contributed by atoms with E-state index in [1.54, 1.807) is 0 Å². The molecular weight excluding hydrogens is 997 g/mol. The fraction of sp³-hybridized carbons (Fsp3) is 0.560. The molecule has 1 atom stereocenters. The van der Waals surface area contributed by atoms with Gasteiger partial charge in [0.05, 0.1) is 0 Å². The number of allylic oxidation sites excluding steroid dienone is 30. The highest BCUT2D eigenvalue weighted by Gasteiger charge is 2.19. The van der Waals surface area contributed by atoms with Crippen molar-refractivity contribution in [2.45, 2.75) is 258 Å². The Kier molecular flexibility index (Phi) is 62.5. The SMILES string of the molecule is CC/C=C\C/C=C\C/C=C\C/C=C\C/C=C\C/C=C\C/C=C\C/C=C\CCCCCCCCC(=O)OCC(COC(=O)CCCCCCC/C=C\CCCC)OC(=O)CCCC/C=C\C/C=C\C/C=C\C/C=C\C/C=C\C/C=C\CC. The van der Waals surface area contributed by atoms with Crippen LogP contribution in [0.2, 0.25) is 0 Å². The van der Waals surface area contributed by atoms with Crippen LogP contribution in [0.4, 0.5) is 0 Å². The van der Waals surface area contributed by atoms with Gasteiger partial charge in [0.25, 0.3) is 0 Å². The van der Waals surface area contributed by atoms with Gasteiger partial charge in [-0.15, -0.1) is 0 Å². The lowest BCUT2D eigenvalue weighted by atomic mass is 10.1. The second-order valence-corrected chi connectivity index (χ2v) is 20.5. The molecule has 0 radical (unpaired) electrons. The first-order valence-corrected chi connectivity index (χ1v) is 32.3. The highest BCUT2D eigenvalue weighted by Crippen LogP contribution is 2.13. The van der Waals surface area contributed by atoms with E-state index in [0.29, 0.717) is 19.3 Å². The summed E-state index contributed by atoms with van der Waals surface area (Å²) in [6.07, 6.45) is 100. The largest absolute Gasteiger partial charge is 0.462 e. The number of carbonyl (C=O) groups is 3. The highest BCUT2D eigenvalue weighted by molar-refractivity contribution is 5.71. The molecule has 0 amide bonds. The topological polar surface area (TPSA) is 78.9 Å². The maximum atomic E-state index is 12.9. The number of hydrogen-bond donors (Lipinski definition) is 0. The smallest absolute Gasteiger partial charge is 0.306 e. The zero-order valence-electron chi connectivity index (χ0n) is 51.7. The van der Waals surface area contributed by atoms with Crippen LogP contribution >= 0.6 is 0 Å². The van der Waals surface area contributed by atoms with Crippen molar-refractivity contribution in [2.24, 2.45) is 0 Å².